The minimum absolute atomic E-state index is 0.447. The summed E-state index contributed by atoms with van der Waals surface area (Å²) in [6, 6.07) is 11.5. The fourth-order valence-corrected chi connectivity index (χ4v) is 3.54. The van der Waals surface area contributed by atoms with Crippen molar-refractivity contribution in [1.82, 2.24) is 14.8 Å². The molecular weight excluding hydrogens is 346 g/mol. The van der Waals surface area contributed by atoms with Gasteiger partial charge in [-0.25, -0.2) is 4.98 Å². The fourth-order valence-electron chi connectivity index (χ4n) is 2.81. The second-order valence-corrected chi connectivity index (χ2v) is 6.96. The van der Waals surface area contributed by atoms with Crippen LogP contribution < -0.4 is 11.1 Å². The summed E-state index contributed by atoms with van der Waals surface area (Å²) in [4.78, 5) is 16.1. The van der Waals surface area contributed by atoms with Crippen molar-refractivity contribution in [3.63, 3.8) is 0 Å². The standard InChI is InChI=1S/C19H17N5OS/c1-11-3-4-13(18(20)25)8-15(11)22-19-23-16(10-26-19)12-5-6-17-14(7-12)9-21-24(17)2/h3-10H,1-2H3,(H2,20,25)(H,22,23). The summed E-state index contributed by atoms with van der Waals surface area (Å²) in [7, 11) is 1.93. The zero-order chi connectivity index (χ0) is 18.3. The van der Waals surface area contributed by atoms with Gasteiger partial charge < -0.3 is 11.1 Å². The molecule has 4 aromatic rings. The summed E-state index contributed by atoms with van der Waals surface area (Å²) < 4.78 is 1.85. The highest BCUT2D eigenvalue weighted by Crippen LogP contribution is 2.30. The molecule has 1 amide bonds. The summed E-state index contributed by atoms with van der Waals surface area (Å²) in [5, 5.41) is 11.4. The van der Waals surface area contributed by atoms with E-state index in [4.69, 9.17) is 5.73 Å². The summed E-state index contributed by atoms with van der Waals surface area (Å²) >= 11 is 1.51. The number of benzene rings is 2. The number of rotatable bonds is 4. The molecule has 3 N–H and O–H groups in total. The number of aromatic nitrogens is 3. The molecule has 6 nitrogen and oxygen atoms in total. The molecule has 0 aliphatic heterocycles. The van der Waals surface area contributed by atoms with Crippen molar-refractivity contribution in [2.75, 3.05) is 5.32 Å². The third kappa shape index (κ3) is 2.93. The van der Waals surface area contributed by atoms with E-state index >= 15 is 0 Å². The Morgan fingerprint density at radius 1 is 1.23 bits per heavy atom. The molecule has 130 valence electrons. The van der Waals surface area contributed by atoms with E-state index in [1.165, 1.54) is 11.3 Å². The maximum atomic E-state index is 11.4. The highest BCUT2D eigenvalue weighted by Gasteiger charge is 2.10. The molecule has 2 heterocycles. The number of thiazole rings is 1. The van der Waals surface area contributed by atoms with Crippen molar-refractivity contribution < 1.29 is 4.79 Å². The van der Waals surface area contributed by atoms with Gasteiger partial charge in [0.05, 0.1) is 17.4 Å². The Bertz CT molecular complexity index is 1130. The van der Waals surface area contributed by atoms with Crippen molar-refractivity contribution in [3.8, 4) is 11.3 Å². The monoisotopic (exact) mass is 363 g/mol. The van der Waals surface area contributed by atoms with E-state index in [-0.39, 0.29) is 0 Å². The second-order valence-electron chi connectivity index (χ2n) is 6.10. The molecule has 0 saturated heterocycles. The maximum absolute atomic E-state index is 11.4. The van der Waals surface area contributed by atoms with Gasteiger partial charge in [0.1, 0.15) is 0 Å². The summed E-state index contributed by atoms with van der Waals surface area (Å²) in [5.74, 6) is -0.447. The Morgan fingerprint density at radius 3 is 2.88 bits per heavy atom. The summed E-state index contributed by atoms with van der Waals surface area (Å²) in [6.45, 7) is 1.97. The van der Waals surface area contributed by atoms with Gasteiger partial charge in [0.25, 0.3) is 0 Å². The van der Waals surface area contributed by atoms with Gasteiger partial charge in [0, 0.05) is 34.6 Å². The van der Waals surface area contributed by atoms with Gasteiger partial charge in [0.2, 0.25) is 5.91 Å². The van der Waals surface area contributed by atoms with Crippen LogP contribution in [0, 0.1) is 6.92 Å². The van der Waals surface area contributed by atoms with Crippen LogP contribution in [0.3, 0.4) is 0 Å². The Balaban J connectivity index is 1.63. The predicted molar refractivity (Wildman–Crippen MR) is 105 cm³/mol. The van der Waals surface area contributed by atoms with E-state index in [0.29, 0.717) is 5.56 Å². The molecule has 0 spiro atoms. The van der Waals surface area contributed by atoms with Crippen LogP contribution >= 0.6 is 11.3 Å². The molecule has 0 bridgehead atoms. The first kappa shape index (κ1) is 16.3. The highest BCUT2D eigenvalue weighted by atomic mass is 32.1. The van der Waals surface area contributed by atoms with Crippen molar-refractivity contribution >= 4 is 39.0 Å². The Kier molecular flexibility index (Phi) is 3.93. The van der Waals surface area contributed by atoms with Crippen LogP contribution in [0.1, 0.15) is 15.9 Å². The van der Waals surface area contributed by atoms with Gasteiger partial charge in [-0.15, -0.1) is 11.3 Å². The van der Waals surface area contributed by atoms with Crippen LogP contribution in [0.5, 0.6) is 0 Å². The van der Waals surface area contributed by atoms with Gasteiger partial charge in [-0.05, 0) is 36.8 Å². The molecular formula is C19H17N5OS. The first-order valence-corrected chi connectivity index (χ1v) is 8.94. The number of aryl methyl sites for hydroxylation is 2. The molecule has 4 rings (SSSR count). The molecule has 0 aliphatic carbocycles. The van der Waals surface area contributed by atoms with Crippen LogP contribution in [-0.4, -0.2) is 20.7 Å². The normalized spacial score (nSPS) is 11.0. The predicted octanol–water partition coefficient (Wildman–Crippen LogP) is 3.85. The molecule has 0 radical (unpaired) electrons. The van der Waals surface area contributed by atoms with E-state index in [1.54, 1.807) is 12.1 Å². The van der Waals surface area contributed by atoms with Gasteiger partial charge in [0.15, 0.2) is 5.13 Å². The molecule has 7 heteroatoms. The van der Waals surface area contributed by atoms with Gasteiger partial charge >= 0.3 is 0 Å². The van der Waals surface area contributed by atoms with Gasteiger partial charge in [-0.2, -0.15) is 5.10 Å². The molecule has 0 unspecified atom stereocenters. The zero-order valence-electron chi connectivity index (χ0n) is 14.4. The van der Waals surface area contributed by atoms with Crippen molar-refractivity contribution in [3.05, 3.63) is 59.1 Å². The molecule has 0 aliphatic rings. The number of fused-ring (bicyclic) bond motifs is 1. The van der Waals surface area contributed by atoms with Gasteiger partial charge in [-0.1, -0.05) is 12.1 Å². The number of hydrogen-bond acceptors (Lipinski definition) is 5. The van der Waals surface area contributed by atoms with E-state index in [1.807, 2.05) is 48.4 Å². The number of nitrogens with one attached hydrogen (secondary N) is 1. The van der Waals surface area contributed by atoms with Crippen LogP contribution in [0.4, 0.5) is 10.8 Å². The van der Waals surface area contributed by atoms with Crippen molar-refractivity contribution in [2.45, 2.75) is 6.92 Å². The highest BCUT2D eigenvalue weighted by molar-refractivity contribution is 7.14. The molecule has 0 saturated carbocycles. The topological polar surface area (TPSA) is 85.8 Å². The lowest BCUT2D eigenvalue weighted by molar-refractivity contribution is 0.100. The lowest BCUT2D eigenvalue weighted by atomic mass is 10.1. The van der Waals surface area contributed by atoms with Crippen LogP contribution in [-0.2, 0) is 7.05 Å². The lowest BCUT2D eigenvalue weighted by Crippen LogP contribution is -2.11. The molecule has 26 heavy (non-hydrogen) atoms. The third-order valence-corrected chi connectivity index (χ3v) is 5.07. The number of nitrogens with zero attached hydrogens (tertiary/aromatic N) is 3. The number of amides is 1. The average molecular weight is 363 g/mol. The molecule has 0 atom stereocenters. The van der Waals surface area contributed by atoms with E-state index < -0.39 is 5.91 Å². The first-order chi connectivity index (χ1) is 12.5. The van der Waals surface area contributed by atoms with Crippen LogP contribution in [0.15, 0.2) is 48.0 Å². The number of carbonyl (C=O) groups is 1. The Labute approximate surface area is 154 Å². The molecule has 2 aromatic heterocycles. The van der Waals surface area contributed by atoms with E-state index in [2.05, 4.69) is 21.5 Å². The lowest BCUT2D eigenvalue weighted by Gasteiger charge is -2.08. The minimum Gasteiger partial charge on any atom is -0.366 e. The van der Waals surface area contributed by atoms with Crippen molar-refractivity contribution in [1.29, 1.82) is 0 Å². The smallest absolute Gasteiger partial charge is 0.248 e. The number of nitrogens with two attached hydrogens (primary N) is 1. The first-order valence-electron chi connectivity index (χ1n) is 8.06. The fraction of sp³-hybridized carbons (Fsp3) is 0.105. The number of hydrogen-bond donors (Lipinski definition) is 2. The average Bonchev–Trinajstić information content (AvgIpc) is 3.23. The number of carbonyl (C=O) groups excluding carboxylic acids is 1. The summed E-state index contributed by atoms with van der Waals surface area (Å²) in [6.07, 6.45) is 1.85. The van der Waals surface area contributed by atoms with Crippen LogP contribution in [0.2, 0.25) is 0 Å². The Morgan fingerprint density at radius 2 is 2.08 bits per heavy atom. The van der Waals surface area contributed by atoms with E-state index in [9.17, 15) is 4.79 Å². The maximum Gasteiger partial charge on any atom is 0.248 e. The third-order valence-electron chi connectivity index (χ3n) is 4.31. The molecule has 0 fully saturated rings. The second kappa shape index (κ2) is 6.27. The minimum atomic E-state index is -0.447. The van der Waals surface area contributed by atoms with Gasteiger partial charge in [-0.3, -0.25) is 9.48 Å². The van der Waals surface area contributed by atoms with E-state index in [0.717, 1.165) is 38.5 Å². The van der Waals surface area contributed by atoms with Crippen LogP contribution in [0.25, 0.3) is 22.2 Å². The number of anilines is 2. The SMILES string of the molecule is Cc1ccc(C(N)=O)cc1Nc1nc(-c2ccc3c(cnn3C)c2)cs1. The van der Waals surface area contributed by atoms with Crippen molar-refractivity contribution in [2.24, 2.45) is 12.8 Å². The molecule has 2 aromatic carbocycles. The Hall–Kier alpha value is -3.19. The quantitative estimate of drug-likeness (QED) is 0.577. The number of primary amides is 1. The summed E-state index contributed by atoms with van der Waals surface area (Å²) in [5.41, 5.74) is 10.7. The zero-order valence-corrected chi connectivity index (χ0v) is 15.2. The largest absolute Gasteiger partial charge is 0.366 e.